The number of hydrogen-bond donors (Lipinski definition) is 1. The van der Waals surface area contributed by atoms with Crippen molar-refractivity contribution >= 4 is 27.3 Å². The van der Waals surface area contributed by atoms with Crippen LogP contribution < -0.4 is 10.1 Å². The van der Waals surface area contributed by atoms with Gasteiger partial charge in [-0.1, -0.05) is 24.3 Å². The highest BCUT2D eigenvalue weighted by Gasteiger charge is 2.13. The van der Waals surface area contributed by atoms with E-state index in [4.69, 9.17) is 9.15 Å². The van der Waals surface area contributed by atoms with Crippen molar-refractivity contribution < 1.29 is 13.9 Å². The van der Waals surface area contributed by atoms with Gasteiger partial charge >= 0.3 is 0 Å². The first kappa shape index (κ1) is 15.5. The molecule has 2 aromatic carbocycles. The van der Waals surface area contributed by atoms with E-state index in [1.807, 2.05) is 60.7 Å². The summed E-state index contributed by atoms with van der Waals surface area (Å²) in [6.07, 6.45) is 1.59. The molecule has 0 saturated carbocycles. The van der Waals surface area contributed by atoms with Crippen LogP contribution in [0.3, 0.4) is 0 Å². The first-order chi connectivity index (χ1) is 12.3. The molecule has 4 nitrogen and oxygen atoms in total. The zero-order chi connectivity index (χ0) is 17.1. The van der Waals surface area contributed by atoms with Gasteiger partial charge in [-0.05, 0) is 42.5 Å². The second-order valence-corrected chi connectivity index (χ2v) is 6.54. The Bertz CT molecular complexity index is 990. The number of hydrogen-bond acceptors (Lipinski definition) is 4. The lowest BCUT2D eigenvalue weighted by molar-refractivity contribution is 0.0952. The first-order valence-corrected chi connectivity index (χ1v) is 8.67. The zero-order valence-electron chi connectivity index (χ0n) is 13.3. The SMILES string of the molecule is O=C(NCc1ccco1)c1cc2c(Oc3ccccc3)cccc2s1. The van der Waals surface area contributed by atoms with Crippen molar-refractivity contribution in [2.24, 2.45) is 0 Å². The van der Waals surface area contributed by atoms with Crippen molar-refractivity contribution in [3.05, 3.63) is 83.6 Å². The molecule has 0 saturated heterocycles. The monoisotopic (exact) mass is 349 g/mol. The highest BCUT2D eigenvalue weighted by molar-refractivity contribution is 7.20. The molecule has 1 amide bonds. The molecular weight excluding hydrogens is 334 g/mol. The standard InChI is InChI=1S/C20H15NO3S/c22-20(21-13-15-8-5-11-23-15)19-12-16-17(9-4-10-18(16)25-19)24-14-6-2-1-3-7-14/h1-12H,13H2,(H,21,22). The van der Waals surface area contributed by atoms with Crippen molar-refractivity contribution in [3.63, 3.8) is 0 Å². The van der Waals surface area contributed by atoms with Crippen LogP contribution in [0.25, 0.3) is 10.1 Å². The van der Waals surface area contributed by atoms with E-state index in [0.717, 1.165) is 27.3 Å². The van der Waals surface area contributed by atoms with Crippen LogP contribution in [0.1, 0.15) is 15.4 Å². The highest BCUT2D eigenvalue weighted by Crippen LogP contribution is 2.35. The van der Waals surface area contributed by atoms with E-state index < -0.39 is 0 Å². The molecule has 124 valence electrons. The van der Waals surface area contributed by atoms with Gasteiger partial charge < -0.3 is 14.5 Å². The summed E-state index contributed by atoms with van der Waals surface area (Å²) in [5, 5.41) is 3.80. The maximum atomic E-state index is 12.4. The van der Waals surface area contributed by atoms with Crippen LogP contribution >= 0.6 is 11.3 Å². The number of ether oxygens (including phenoxy) is 1. The summed E-state index contributed by atoms with van der Waals surface area (Å²) in [5.41, 5.74) is 0. The van der Waals surface area contributed by atoms with Gasteiger partial charge in [0.05, 0.1) is 17.7 Å². The van der Waals surface area contributed by atoms with Gasteiger partial charge in [0.1, 0.15) is 17.3 Å². The van der Waals surface area contributed by atoms with Crippen molar-refractivity contribution in [1.82, 2.24) is 5.32 Å². The molecule has 5 heteroatoms. The third-order valence-electron chi connectivity index (χ3n) is 3.72. The number of para-hydroxylation sites is 1. The topological polar surface area (TPSA) is 51.5 Å². The van der Waals surface area contributed by atoms with Crippen LogP contribution in [0.2, 0.25) is 0 Å². The van der Waals surface area contributed by atoms with E-state index in [-0.39, 0.29) is 5.91 Å². The molecule has 0 spiro atoms. The molecule has 0 aliphatic heterocycles. The fraction of sp³-hybridized carbons (Fsp3) is 0.0500. The van der Waals surface area contributed by atoms with Crippen LogP contribution in [-0.4, -0.2) is 5.91 Å². The minimum Gasteiger partial charge on any atom is -0.467 e. The maximum Gasteiger partial charge on any atom is 0.261 e. The van der Waals surface area contributed by atoms with Gasteiger partial charge in [0.2, 0.25) is 0 Å². The molecule has 4 aromatic rings. The van der Waals surface area contributed by atoms with E-state index in [1.54, 1.807) is 12.3 Å². The normalized spacial score (nSPS) is 10.7. The van der Waals surface area contributed by atoms with Crippen molar-refractivity contribution in [2.45, 2.75) is 6.54 Å². The summed E-state index contributed by atoms with van der Waals surface area (Å²) in [4.78, 5) is 13.0. The highest BCUT2D eigenvalue weighted by atomic mass is 32.1. The summed E-state index contributed by atoms with van der Waals surface area (Å²) < 4.78 is 12.2. The lowest BCUT2D eigenvalue weighted by atomic mass is 10.2. The second-order valence-electron chi connectivity index (χ2n) is 5.46. The largest absolute Gasteiger partial charge is 0.467 e. The minimum atomic E-state index is -0.122. The van der Waals surface area contributed by atoms with Crippen molar-refractivity contribution in [2.75, 3.05) is 0 Å². The van der Waals surface area contributed by atoms with E-state index in [2.05, 4.69) is 5.32 Å². The number of thiophene rings is 1. The number of nitrogens with one attached hydrogen (secondary N) is 1. The molecule has 0 aliphatic rings. The van der Waals surface area contributed by atoms with Crippen LogP contribution in [0.4, 0.5) is 0 Å². The molecule has 0 unspecified atom stereocenters. The Hall–Kier alpha value is -3.05. The zero-order valence-corrected chi connectivity index (χ0v) is 14.1. The van der Waals surface area contributed by atoms with Crippen molar-refractivity contribution in [3.8, 4) is 11.5 Å². The maximum absolute atomic E-state index is 12.4. The van der Waals surface area contributed by atoms with E-state index >= 15 is 0 Å². The second kappa shape index (κ2) is 6.83. The quantitative estimate of drug-likeness (QED) is 0.538. The van der Waals surface area contributed by atoms with Gasteiger partial charge in [0.15, 0.2) is 0 Å². The molecule has 0 radical (unpaired) electrons. The number of amides is 1. The number of fused-ring (bicyclic) bond motifs is 1. The third-order valence-corrected chi connectivity index (χ3v) is 4.82. The van der Waals surface area contributed by atoms with E-state index in [1.165, 1.54) is 11.3 Å². The van der Waals surface area contributed by atoms with Gasteiger partial charge in [-0.2, -0.15) is 0 Å². The summed E-state index contributed by atoms with van der Waals surface area (Å²) >= 11 is 1.44. The van der Waals surface area contributed by atoms with Gasteiger partial charge in [-0.3, -0.25) is 4.79 Å². The molecule has 1 N–H and O–H groups in total. The molecule has 2 heterocycles. The molecule has 25 heavy (non-hydrogen) atoms. The summed E-state index contributed by atoms with van der Waals surface area (Å²) in [6.45, 7) is 0.369. The Balaban J connectivity index is 1.57. The van der Waals surface area contributed by atoms with Gasteiger partial charge in [0.25, 0.3) is 5.91 Å². The Labute approximate surface area is 148 Å². The number of furan rings is 1. The summed E-state index contributed by atoms with van der Waals surface area (Å²) in [7, 11) is 0. The van der Waals surface area contributed by atoms with Gasteiger partial charge in [0, 0.05) is 10.1 Å². The summed E-state index contributed by atoms with van der Waals surface area (Å²) in [5.74, 6) is 2.11. The lowest BCUT2D eigenvalue weighted by Crippen LogP contribution is -2.21. The predicted molar refractivity (Wildman–Crippen MR) is 98.2 cm³/mol. The molecule has 4 rings (SSSR count). The smallest absolute Gasteiger partial charge is 0.261 e. The Morgan fingerprint density at radius 2 is 1.92 bits per heavy atom. The van der Waals surface area contributed by atoms with Crippen LogP contribution in [-0.2, 0) is 6.54 Å². The third kappa shape index (κ3) is 3.41. The van der Waals surface area contributed by atoms with Crippen LogP contribution in [0.5, 0.6) is 11.5 Å². The Morgan fingerprint density at radius 3 is 2.72 bits per heavy atom. The first-order valence-electron chi connectivity index (χ1n) is 7.85. The number of carbonyl (C=O) groups excluding carboxylic acids is 1. The lowest BCUT2D eigenvalue weighted by Gasteiger charge is -2.06. The molecule has 0 atom stereocenters. The number of rotatable bonds is 5. The minimum absolute atomic E-state index is 0.122. The summed E-state index contributed by atoms with van der Waals surface area (Å²) in [6, 6.07) is 20.9. The fourth-order valence-electron chi connectivity index (χ4n) is 2.52. The molecule has 0 fully saturated rings. The molecule has 0 aliphatic carbocycles. The molecular formula is C20H15NO3S. The average molecular weight is 349 g/mol. The average Bonchev–Trinajstić information content (AvgIpc) is 3.30. The number of benzene rings is 2. The molecule has 0 bridgehead atoms. The fourth-order valence-corrected chi connectivity index (χ4v) is 3.51. The van der Waals surface area contributed by atoms with E-state index in [9.17, 15) is 4.79 Å². The Morgan fingerprint density at radius 1 is 1.04 bits per heavy atom. The number of carbonyl (C=O) groups is 1. The van der Waals surface area contributed by atoms with Gasteiger partial charge in [-0.15, -0.1) is 11.3 Å². The van der Waals surface area contributed by atoms with Gasteiger partial charge in [-0.25, -0.2) is 0 Å². The van der Waals surface area contributed by atoms with E-state index in [0.29, 0.717) is 11.4 Å². The predicted octanol–water partition coefficient (Wildman–Crippen LogP) is 5.22. The van der Waals surface area contributed by atoms with Crippen LogP contribution in [0.15, 0.2) is 77.4 Å². The van der Waals surface area contributed by atoms with Crippen LogP contribution in [0, 0.1) is 0 Å². The molecule has 2 aromatic heterocycles. The Kier molecular flexibility index (Phi) is 4.23. The van der Waals surface area contributed by atoms with Crippen molar-refractivity contribution in [1.29, 1.82) is 0 Å².